The SMILES string of the molecule is CCCCCCCCOc1c(Cl)cc(/C=C2/SC(=Nc3ccccc3)NC2=O)cc1Cl. The number of unbranched alkanes of at least 4 members (excludes halogenated alkanes) is 5. The largest absolute Gasteiger partial charge is 0.490 e. The molecule has 1 aliphatic heterocycles. The van der Waals surface area contributed by atoms with Crippen LogP contribution in [0.25, 0.3) is 6.08 Å². The molecule has 0 aliphatic carbocycles. The molecule has 0 unspecified atom stereocenters. The highest BCUT2D eigenvalue weighted by Crippen LogP contribution is 2.36. The van der Waals surface area contributed by atoms with Gasteiger partial charge in [0.25, 0.3) is 5.91 Å². The monoisotopic (exact) mass is 476 g/mol. The zero-order valence-electron chi connectivity index (χ0n) is 17.5. The first-order chi connectivity index (χ1) is 15.1. The maximum Gasteiger partial charge on any atom is 0.264 e. The molecule has 1 amide bonds. The number of aliphatic imine (C=N–C) groups is 1. The van der Waals surface area contributed by atoms with Gasteiger partial charge < -0.3 is 10.1 Å². The Bertz CT molecular complexity index is 938. The number of hydrogen-bond donors (Lipinski definition) is 1. The maximum absolute atomic E-state index is 12.3. The minimum absolute atomic E-state index is 0.199. The van der Waals surface area contributed by atoms with Gasteiger partial charge >= 0.3 is 0 Å². The van der Waals surface area contributed by atoms with E-state index in [-0.39, 0.29) is 5.91 Å². The molecule has 31 heavy (non-hydrogen) atoms. The van der Waals surface area contributed by atoms with Crippen molar-refractivity contribution in [1.82, 2.24) is 5.32 Å². The lowest BCUT2D eigenvalue weighted by Crippen LogP contribution is -2.19. The number of amidine groups is 1. The molecule has 164 valence electrons. The Morgan fingerprint density at radius 1 is 1.03 bits per heavy atom. The van der Waals surface area contributed by atoms with Gasteiger partial charge in [0.05, 0.1) is 27.2 Å². The Hall–Kier alpha value is -1.95. The van der Waals surface area contributed by atoms with Crippen molar-refractivity contribution in [2.24, 2.45) is 4.99 Å². The molecule has 3 rings (SSSR count). The minimum Gasteiger partial charge on any atom is -0.490 e. The molecule has 2 aromatic carbocycles. The van der Waals surface area contributed by atoms with Crippen LogP contribution in [0, 0.1) is 0 Å². The predicted molar refractivity (Wildman–Crippen MR) is 133 cm³/mol. The lowest BCUT2D eigenvalue weighted by molar-refractivity contribution is -0.115. The molecule has 0 spiro atoms. The molecule has 0 saturated carbocycles. The van der Waals surface area contributed by atoms with Gasteiger partial charge in [-0.2, -0.15) is 0 Å². The summed E-state index contributed by atoms with van der Waals surface area (Å²) in [5.74, 6) is 0.296. The van der Waals surface area contributed by atoms with Crippen molar-refractivity contribution in [1.29, 1.82) is 0 Å². The molecule has 1 N–H and O–H groups in total. The van der Waals surface area contributed by atoms with Crippen LogP contribution in [0.3, 0.4) is 0 Å². The third-order valence-corrected chi connectivity index (χ3v) is 6.17. The average molecular weight is 477 g/mol. The van der Waals surface area contributed by atoms with Crippen LogP contribution < -0.4 is 10.1 Å². The molecule has 1 fully saturated rings. The quantitative estimate of drug-likeness (QED) is 0.283. The molecular weight excluding hydrogens is 451 g/mol. The Balaban J connectivity index is 1.61. The number of hydrogen-bond acceptors (Lipinski definition) is 4. The Morgan fingerprint density at radius 3 is 2.42 bits per heavy atom. The van der Waals surface area contributed by atoms with Crippen LogP contribution in [0.4, 0.5) is 5.69 Å². The highest BCUT2D eigenvalue weighted by Gasteiger charge is 2.24. The lowest BCUT2D eigenvalue weighted by Gasteiger charge is -2.11. The van der Waals surface area contributed by atoms with Crippen LogP contribution in [-0.2, 0) is 4.79 Å². The van der Waals surface area contributed by atoms with E-state index in [9.17, 15) is 4.79 Å². The van der Waals surface area contributed by atoms with E-state index in [1.54, 1.807) is 18.2 Å². The van der Waals surface area contributed by atoms with Crippen molar-refractivity contribution >= 4 is 57.8 Å². The molecule has 0 bridgehead atoms. The topological polar surface area (TPSA) is 50.7 Å². The second-order valence-corrected chi connectivity index (χ2v) is 9.09. The summed E-state index contributed by atoms with van der Waals surface area (Å²) in [4.78, 5) is 17.3. The molecule has 0 radical (unpaired) electrons. The molecule has 1 saturated heterocycles. The second-order valence-electron chi connectivity index (χ2n) is 7.25. The zero-order valence-corrected chi connectivity index (χ0v) is 19.8. The summed E-state index contributed by atoms with van der Waals surface area (Å²) >= 11 is 14.1. The number of nitrogens with one attached hydrogen (secondary N) is 1. The first-order valence-electron chi connectivity index (χ1n) is 10.5. The second kappa shape index (κ2) is 12.2. The van der Waals surface area contributed by atoms with Gasteiger partial charge in [0.2, 0.25) is 0 Å². The molecule has 2 aromatic rings. The third kappa shape index (κ3) is 7.30. The smallest absolute Gasteiger partial charge is 0.264 e. The van der Waals surface area contributed by atoms with Gasteiger partial charge in [-0.25, -0.2) is 4.99 Å². The fourth-order valence-corrected chi connectivity index (χ4v) is 4.56. The van der Waals surface area contributed by atoms with Gasteiger partial charge in [-0.15, -0.1) is 0 Å². The highest BCUT2D eigenvalue weighted by atomic mass is 35.5. The normalized spacial score (nSPS) is 16.2. The number of halogens is 2. The lowest BCUT2D eigenvalue weighted by atomic mass is 10.1. The summed E-state index contributed by atoms with van der Waals surface area (Å²) in [7, 11) is 0. The van der Waals surface area contributed by atoms with Crippen LogP contribution in [-0.4, -0.2) is 17.7 Å². The van der Waals surface area contributed by atoms with E-state index in [0.717, 1.165) is 24.1 Å². The number of ether oxygens (including phenoxy) is 1. The fourth-order valence-electron chi connectivity index (χ4n) is 3.11. The van der Waals surface area contributed by atoms with Crippen LogP contribution in [0.1, 0.15) is 51.0 Å². The van der Waals surface area contributed by atoms with Crippen molar-refractivity contribution in [2.45, 2.75) is 45.4 Å². The Morgan fingerprint density at radius 2 is 1.71 bits per heavy atom. The predicted octanol–water partition coefficient (Wildman–Crippen LogP) is 7.62. The van der Waals surface area contributed by atoms with Gasteiger partial charge in [0, 0.05) is 0 Å². The van der Waals surface area contributed by atoms with Crippen LogP contribution in [0.5, 0.6) is 5.75 Å². The summed E-state index contributed by atoms with van der Waals surface area (Å²) in [6, 6.07) is 13.0. The average Bonchev–Trinajstić information content (AvgIpc) is 3.08. The first-order valence-corrected chi connectivity index (χ1v) is 12.1. The number of rotatable bonds is 10. The van der Waals surface area contributed by atoms with Gasteiger partial charge in [-0.3, -0.25) is 4.79 Å². The molecular formula is C24H26Cl2N2O2S. The van der Waals surface area contributed by atoms with Crippen molar-refractivity contribution in [2.75, 3.05) is 6.61 Å². The summed E-state index contributed by atoms with van der Waals surface area (Å²) < 4.78 is 5.82. The van der Waals surface area contributed by atoms with Crippen LogP contribution >= 0.6 is 35.0 Å². The van der Waals surface area contributed by atoms with Crippen molar-refractivity contribution < 1.29 is 9.53 Å². The first kappa shape index (κ1) is 23.7. The van der Waals surface area contributed by atoms with E-state index < -0.39 is 0 Å². The minimum atomic E-state index is -0.199. The van der Waals surface area contributed by atoms with E-state index in [2.05, 4.69) is 17.2 Å². The van der Waals surface area contributed by atoms with Gasteiger partial charge in [0.15, 0.2) is 10.9 Å². The Labute approximate surface area is 198 Å². The fraction of sp³-hybridized carbons (Fsp3) is 0.333. The third-order valence-electron chi connectivity index (χ3n) is 4.70. The summed E-state index contributed by atoms with van der Waals surface area (Å²) in [6.07, 6.45) is 8.88. The molecule has 0 atom stereocenters. The van der Waals surface area contributed by atoms with Gasteiger partial charge in [-0.05, 0) is 54.1 Å². The number of nitrogens with zero attached hydrogens (tertiary/aromatic N) is 1. The Kier molecular flexibility index (Phi) is 9.31. The van der Waals surface area contributed by atoms with Crippen molar-refractivity contribution in [3.8, 4) is 5.75 Å². The van der Waals surface area contributed by atoms with E-state index in [4.69, 9.17) is 27.9 Å². The van der Waals surface area contributed by atoms with Crippen LogP contribution in [0.2, 0.25) is 10.0 Å². The number of carbonyl (C=O) groups is 1. The van der Waals surface area contributed by atoms with E-state index in [0.29, 0.717) is 32.5 Å². The highest BCUT2D eigenvalue weighted by molar-refractivity contribution is 8.18. The van der Waals surface area contributed by atoms with E-state index >= 15 is 0 Å². The number of benzene rings is 2. The van der Waals surface area contributed by atoms with E-state index in [1.807, 2.05) is 30.3 Å². The number of thioether (sulfide) groups is 1. The molecule has 0 aromatic heterocycles. The van der Waals surface area contributed by atoms with Gasteiger partial charge in [-0.1, -0.05) is 80.4 Å². The standard InChI is InChI=1S/C24H26Cl2N2O2S/c1-2-3-4-5-6-10-13-30-22-19(25)14-17(15-20(22)26)16-21-23(29)28-24(31-21)27-18-11-8-7-9-12-18/h7-9,11-12,14-16H,2-6,10,13H2,1H3,(H,27,28,29)/b21-16+. The van der Waals surface area contributed by atoms with Crippen LogP contribution in [0.15, 0.2) is 52.4 Å². The summed E-state index contributed by atoms with van der Waals surface area (Å²) in [5.41, 5.74) is 1.52. The summed E-state index contributed by atoms with van der Waals surface area (Å²) in [6.45, 7) is 2.80. The number of amides is 1. The molecule has 7 heteroatoms. The molecule has 4 nitrogen and oxygen atoms in total. The zero-order chi connectivity index (χ0) is 22.1. The summed E-state index contributed by atoms with van der Waals surface area (Å²) in [5, 5.41) is 4.20. The molecule has 1 aliphatic rings. The van der Waals surface area contributed by atoms with Crippen molar-refractivity contribution in [3.05, 3.63) is 63.0 Å². The van der Waals surface area contributed by atoms with Crippen molar-refractivity contribution in [3.63, 3.8) is 0 Å². The van der Waals surface area contributed by atoms with E-state index in [1.165, 1.54) is 37.4 Å². The van der Waals surface area contributed by atoms with Gasteiger partial charge in [0.1, 0.15) is 0 Å². The number of para-hydroxylation sites is 1. The number of carbonyl (C=O) groups excluding carboxylic acids is 1. The maximum atomic E-state index is 12.3. The molecule has 1 heterocycles.